The van der Waals surface area contributed by atoms with Gasteiger partial charge in [-0.2, -0.15) is 0 Å². The van der Waals surface area contributed by atoms with E-state index in [4.69, 9.17) is 15.2 Å². The van der Waals surface area contributed by atoms with E-state index in [0.29, 0.717) is 24.3 Å². The van der Waals surface area contributed by atoms with Crippen LogP contribution in [0.1, 0.15) is 26.1 Å². The lowest BCUT2D eigenvalue weighted by Gasteiger charge is -2.20. The standard InChI is InChI=1S/C16H23N3O3/c1-16(2,15(20)22-5)7-6-14-18-11-9-13(21-4)10(17)8-12(11)19(14)3/h8-9H,6-7,17H2,1-5H3. The lowest BCUT2D eigenvalue weighted by atomic mass is 9.88. The molecule has 6 heteroatoms. The number of ether oxygens (including phenoxy) is 2. The second-order valence-corrected chi connectivity index (χ2v) is 6.05. The number of hydrogen-bond acceptors (Lipinski definition) is 5. The lowest BCUT2D eigenvalue weighted by molar-refractivity contribution is -0.151. The summed E-state index contributed by atoms with van der Waals surface area (Å²) in [6.45, 7) is 3.75. The average molecular weight is 305 g/mol. The van der Waals surface area contributed by atoms with Gasteiger partial charge in [-0.1, -0.05) is 0 Å². The molecule has 0 atom stereocenters. The van der Waals surface area contributed by atoms with Crippen LogP contribution in [0.2, 0.25) is 0 Å². The monoisotopic (exact) mass is 305 g/mol. The minimum atomic E-state index is -0.538. The number of aromatic nitrogens is 2. The molecule has 0 aliphatic heterocycles. The van der Waals surface area contributed by atoms with E-state index in [2.05, 4.69) is 4.98 Å². The van der Waals surface area contributed by atoms with Crippen LogP contribution in [0.25, 0.3) is 11.0 Å². The molecule has 0 aliphatic rings. The Balaban J connectivity index is 2.29. The first-order valence-electron chi connectivity index (χ1n) is 7.17. The van der Waals surface area contributed by atoms with Crippen LogP contribution < -0.4 is 10.5 Å². The fourth-order valence-electron chi connectivity index (χ4n) is 2.49. The maximum atomic E-state index is 11.8. The molecule has 1 aromatic heterocycles. The molecule has 0 aliphatic carbocycles. The highest BCUT2D eigenvalue weighted by atomic mass is 16.5. The highest BCUT2D eigenvalue weighted by Crippen LogP contribution is 2.29. The first-order chi connectivity index (χ1) is 10.3. The van der Waals surface area contributed by atoms with Gasteiger partial charge in [0, 0.05) is 19.5 Å². The minimum absolute atomic E-state index is 0.211. The topological polar surface area (TPSA) is 79.4 Å². The van der Waals surface area contributed by atoms with Gasteiger partial charge >= 0.3 is 5.97 Å². The van der Waals surface area contributed by atoms with E-state index in [1.54, 1.807) is 7.11 Å². The normalized spacial score (nSPS) is 11.7. The van der Waals surface area contributed by atoms with Gasteiger partial charge in [-0.15, -0.1) is 0 Å². The maximum Gasteiger partial charge on any atom is 0.311 e. The summed E-state index contributed by atoms with van der Waals surface area (Å²) in [5.74, 6) is 1.31. The van der Waals surface area contributed by atoms with Crippen molar-refractivity contribution in [2.45, 2.75) is 26.7 Å². The highest BCUT2D eigenvalue weighted by molar-refractivity contribution is 5.83. The molecular formula is C16H23N3O3. The Hall–Kier alpha value is -2.24. The predicted octanol–water partition coefficient (Wildman–Crippen LogP) is 2.30. The second kappa shape index (κ2) is 5.87. The van der Waals surface area contributed by atoms with Crippen LogP contribution in [-0.2, 0) is 23.0 Å². The van der Waals surface area contributed by atoms with Crippen LogP contribution >= 0.6 is 0 Å². The molecule has 2 aromatic rings. The highest BCUT2D eigenvalue weighted by Gasteiger charge is 2.29. The Morgan fingerprint density at radius 1 is 1.36 bits per heavy atom. The number of nitrogens with two attached hydrogens (primary N) is 1. The van der Waals surface area contributed by atoms with Crippen LogP contribution in [0.3, 0.4) is 0 Å². The molecule has 1 aromatic carbocycles. The third-order valence-corrected chi connectivity index (χ3v) is 4.04. The summed E-state index contributed by atoms with van der Waals surface area (Å²) in [6, 6.07) is 3.69. The summed E-state index contributed by atoms with van der Waals surface area (Å²) < 4.78 is 12.1. The van der Waals surface area contributed by atoms with E-state index in [0.717, 1.165) is 16.9 Å². The summed E-state index contributed by atoms with van der Waals surface area (Å²) in [5, 5.41) is 0. The van der Waals surface area contributed by atoms with E-state index in [1.807, 2.05) is 37.6 Å². The number of carbonyl (C=O) groups is 1. The zero-order valence-corrected chi connectivity index (χ0v) is 13.8. The first kappa shape index (κ1) is 16.1. The van der Waals surface area contributed by atoms with Gasteiger partial charge in [-0.3, -0.25) is 4.79 Å². The van der Waals surface area contributed by atoms with E-state index < -0.39 is 5.41 Å². The van der Waals surface area contributed by atoms with Crippen molar-refractivity contribution < 1.29 is 14.3 Å². The smallest absolute Gasteiger partial charge is 0.311 e. The summed E-state index contributed by atoms with van der Waals surface area (Å²) in [5.41, 5.74) is 7.77. The molecule has 2 rings (SSSR count). The number of carbonyl (C=O) groups excluding carboxylic acids is 1. The number of hydrogen-bond donors (Lipinski definition) is 1. The maximum absolute atomic E-state index is 11.8. The molecule has 0 bridgehead atoms. The van der Waals surface area contributed by atoms with Gasteiger partial charge in [0.1, 0.15) is 11.6 Å². The van der Waals surface area contributed by atoms with Gasteiger partial charge in [0.2, 0.25) is 0 Å². The summed E-state index contributed by atoms with van der Waals surface area (Å²) in [4.78, 5) is 16.4. The van der Waals surface area contributed by atoms with Crippen molar-refractivity contribution in [3.8, 4) is 5.75 Å². The number of benzene rings is 1. The van der Waals surface area contributed by atoms with Crippen LogP contribution in [0.15, 0.2) is 12.1 Å². The fourth-order valence-corrected chi connectivity index (χ4v) is 2.49. The molecule has 22 heavy (non-hydrogen) atoms. The van der Waals surface area contributed by atoms with Gasteiger partial charge in [0.05, 0.1) is 36.4 Å². The zero-order chi connectivity index (χ0) is 16.5. The number of rotatable bonds is 5. The Bertz CT molecular complexity index is 704. The summed E-state index contributed by atoms with van der Waals surface area (Å²) in [7, 11) is 4.94. The second-order valence-electron chi connectivity index (χ2n) is 6.05. The third kappa shape index (κ3) is 2.86. The summed E-state index contributed by atoms with van der Waals surface area (Å²) >= 11 is 0. The van der Waals surface area contributed by atoms with Crippen LogP contribution in [0, 0.1) is 5.41 Å². The number of nitrogens with zero attached hydrogens (tertiary/aromatic N) is 2. The number of imidazole rings is 1. The third-order valence-electron chi connectivity index (χ3n) is 4.04. The van der Waals surface area contributed by atoms with E-state index >= 15 is 0 Å². The van der Waals surface area contributed by atoms with Crippen molar-refractivity contribution in [1.82, 2.24) is 9.55 Å². The average Bonchev–Trinajstić information content (AvgIpc) is 2.79. The zero-order valence-electron chi connectivity index (χ0n) is 13.8. The van der Waals surface area contributed by atoms with Gasteiger partial charge in [-0.05, 0) is 26.3 Å². The number of nitrogen functional groups attached to an aromatic ring is 1. The fraction of sp³-hybridized carbons (Fsp3) is 0.500. The molecule has 120 valence electrons. The molecular weight excluding hydrogens is 282 g/mol. The SMILES string of the molecule is COC(=O)C(C)(C)CCc1nc2cc(OC)c(N)cc2n1C. The molecule has 0 saturated carbocycles. The Labute approximate surface area is 130 Å². The molecule has 0 radical (unpaired) electrons. The van der Waals surface area contributed by atoms with Crippen molar-refractivity contribution in [3.05, 3.63) is 18.0 Å². The molecule has 6 nitrogen and oxygen atoms in total. The minimum Gasteiger partial charge on any atom is -0.495 e. The molecule has 0 fully saturated rings. The summed E-state index contributed by atoms with van der Waals surface area (Å²) in [6.07, 6.45) is 1.33. The predicted molar refractivity (Wildman–Crippen MR) is 85.8 cm³/mol. The Kier molecular flexibility index (Phi) is 4.30. The van der Waals surface area contributed by atoms with Gasteiger partial charge in [0.15, 0.2) is 0 Å². The molecule has 2 N–H and O–H groups in total. The van der Waals surface area contributed by atoms with Crippen LogP contribution in [0.5, 0.6) is 5.75 Å². The van der Waals surface area contributed by atoms with Crippen LogP contribution in [0.4, 0.5) is 5.69 Å². The van der Waals surface area contributed by atoms with E-state index in [1.165, 1.54) is 7.11 Å². The van der Waals surface area contributed by atoms with E-state index in [-0.39, 0.29) is 5.97 Å². The number of aryl methyl sites for hydroxylation is 2. The number of methoxy groups -OCH3 is 2. The van der Waals surface area contributed by atoms with Gasteiger partial charge in [-0.25, -0.2) is 4.98 Å². The molecule has 0 amide bonds. The molecule has 0 spiro atoms. The van der Waals surface area contributed by atoms with Crippen molar-refractivity contribution >= 4 is 22.7 Å². The molecule has 0 unspecified atom stereocenters. The van der Waals surface area contributed by atoms with Crippen molar-refractivity contribution in [3.63, 3.8) is 0 Å². The van der Waals surface area contributed by atoms with Crippen molar-refractivity contribution in [2.75, 3.05) is 20.0 Å². The number of esters is 1. The van der Waals surface area contributed by atoms with Crippen molar-refractivity contribution in [1.29, 1.82) is 0 Å². The van der Waals surface area contributed by atoms with Crippen molar-refractivity contribution in [2.24, 2.45) is 12.5 Å². The lowest BCUT2D eigenvalue weighted by Crippen LogP contribution is -2.26. The van der Waals surface area contributed by atoms with Gasteiger partial charge in [0.25, 0.3) is 0 Å². The molecule has 0 saturated heterocycles. The Morgan fingerprint density at radius 2 is 2.05 bits per heavy atom. The molecule has 1 heterocycles. The quantitative estimate of drug-likeness (QED) is 0.677. The first-order valence-corrected chi connectivity index (χ1v) is 7.17. The number of anilines is 1. The van der Waals surface area contributed by atoms with Crippen LogP contribution in [-0.4, -0.2) is 29.7 Å². The van der Waals surface area contributed by atoms with E-state index in [9.17, 15) is 4.79 Å². The Morgan fingerprint density at radius 3 is 2.64 bits per heavy atom. The van der Waals surface area contributed by atoms with Gasteiger partial charge < -0.3 is 19.8 Å². The number of fused-ring (bicyclic) bond motifs is 1. The largest absolute Gasteiger partial charge is 0.495 e.